The predicted octanol–water partition coefficient (Wildman–Crippen LogP) is 1.19. The van der Waals surface area contributed by atoms with Gasteiger partial charge in [-0.25, -0.2) is 13.4 Å². The molecule has 0 unspecified atom stereocenters. The normalized spacial score (nSPS) is 17.8. The fraction of sp³-hybridized carbons (Fsp3) is 0.583. The summed E-state index contributed by atoms with van der Waals surface area (Å²) >= 11 is 0. The van der Waals surface area contributed by atoms with E-state index in [0.717, 1.165) is 5.69 Å². The highest BCUT2D eigenvalue weighted by Gasteiger charge is 2.38. The van der Waals surface area contributed by atoms with Gasteiger partial charge in [-0.15, -0.1) is 0 Å². The van der Waals surface area contributed by atoms with E-state index in [1.165, 1.54) is 4.31 Å². The van der Waals surface area contributed by atoms with Crippen LogP contribution in [0.15, 0.2) is 18.2 Å². The van der Waals surface area contributed by atoms with Crippen molar-refractivity contribution in [2.24, 2.45) is 0 Å². The van der Waals surface area contributed by atoms with Crippen molar-refractivity contribution in [2.45, 2.75) is 32.1 Å². The maximum absolute atomic E-state index is 11.8. The Balaban J connectivity index is 1.91. The Morgan fingerprint density at radius 2 is 2.06 bits per heavy atom. The number of aryl methyl sites for hydroxylation is 1. The highest BCUT2D eigenvalue weighted by Crippen LogP contribution is 2.21. The number of hydrogen-bond donors (Lipinski definition) is 0. The average molecular weight is 270 g/mol. The fourth-order valence-electron chi connectivity index (χ4n) is 1.74. The Kier molecular flexibility index (Phi) is 3.59. The van der Waals surface area contributed by atoms with Crippen molar-refractivity contribution < 1.29 is 13.2 Å². The lowest BCUT2D eigenvalue weighted by atomic mass is 10.2. The van der Waals surface area contributed by atoms with Gasteiger partial charge in [0.15, 0.2) is 0 Å². The summed E-state index contributed by atoms with van der Waals surface area (Å²) in [5.41, 5.74) is 0.887. The molecule has 0 aromatic carbocycles. The number of ether oxygens (including phenoxy) is 1. The highest BCUT2D eigenvalue weighted by atomic mass is 32.2. The van der Waals surface area contributed by atoms with Crippen LogP contribution in [0.3, 0.4) is 0 Å². The molecule has 0 N–H and O–H groups in total. The Morgan fingerprint density at radius 1 is 1.39 bits per heavy atom. The Hall–Kier alpha value is -1.14. The van der Waals surface area contributed by atoms with Crippen LogP contribution in [0.2, 0.25) is 0 Å². The van der Waals surface area contributed by atoms with Crippen molar-refractivity contribution in [3.63, 3.8) is 0 Å². The molecule has 0 bridgehead atoms. The van der Waals surface area contributed by atoms with Gasteiger partial charge in [0.25, 0.3) is 0 Å². The highest BCUT2D eigenvalue weighted by molar-refractivity contribution is 7.89. The molecule has 0 spiro atoms. The molecule has 0 atom stereocenters. The minimum absolute atomic E-state index is 0.0900. The molecule has 1 aromatic heterocycles. The number of sulfonamides is 1. The molecule has 0 aliphatic carbocycles. The quantitative estimate of drug-likeness (QED) is 0.824. The van der Waals surface area contributed by atoms with E-state index < -0.39 is 10.0 Å². The van der Waals surface area contributed by atoms with Gasteiger partial charge in [-0.3, -0.25) is 0 Å². The average Bonchev–Trinajstić information content (AvgIpc) is 2.22. The van der Waals surface area contributed by atoms with Crippen molar-refractivity contribution in [3.8, 4) is 5.88 Å². The van der Waals surface area contributed by atoms with Crippen molar-refractivity contribution in [1.82, 2.24) is 9.29 Å². The molecule has 1 saturated heterocycles. The third-order valence-electron chi connectivity index (χ3n) is 2.92. The zero-order valence-electron chi connectivity index (χ0n) is 10.8. The van der Waals surface area contributed by atoms with Gasteiger partial charge in [-0.05, 0) is 26.8 Å². The van der Waals surface area contributed by atoms with Crippen LogP contribution in [-0.2, 0) is 10.0 Å². The van der Waals surface area contributed by atoms with E-state index in [-0.39, 0.29) is 11.4 Å². The lowest BCUT2D eigenvalue weighted by Gasteiger charge is -2.38. The molecular formula is C12H18N2O3S. The van der Waals surface area contributed by atoms with Gasteiger partial charge in [-0.1, -0.05) is 6.07 Å². The minimum Gasteiger partial charge on any atom is -0.472 e. The van der Waals surface area contributed by atoms with Gasteiger partial charge in [0.2, 0.25) is 15.9 Å². The number of pyridine rings is 1. The van der Waals surface area contributed by atoms with Crippen LogP contribution >= 0.6 is 0 Å². The Labute approximate surface area is 108 Å². The van der Waals surface area contributed by atoms with E-state index >= 15 is 0 Å². The maximum atomic E-state index is 11.8. The van der Waals surface area contributed by atoms with E-state index in [2.05, 4.69) is 4.98 Å². The van der Waals surface area contributed by atoms with Gasteiger partial charge in [-0.2, -0.15) is 4.31 Å². The molecule has 0 saturated carbocycles. The number of hydrogen-bond acceptors (Lipinski definition) is 4. The lowest BCUT2D eigenvalue weighted by Crippen LogP contribution is -2.57. The van der Waals surface area contributed by atoms with Gasteiger partial charge in [0.1, 0.15) is 6.10 Å². The zero-order chi connectivity index (χ0) is 13.3. The fourth-order valence-corrected chi connectivity index (χ4v) is 3.08. The second-order valence-electron chi connectivity index (χ2n) is 4.77. The molecular weight excluding hydrogens is 252 g/mol. The molecule has 2 rings (SSSR count). The van der Waals surface area contributed by atoms with Crippen LogP contribution in [0.1, 0.15) is 19.5 Å². The molecule has 100 valence electrons. The lowest BCUT2D eigenvalue weighted by molar-refractivity contribution is 0.0715. The summed E-state index contributed by atoms with van der Waals surface area (Å²) in [6.07, 6.45) is -0.0900. The first-order chi connectivity index (χ1) is 8.39. The molecule has 1 aromatic rings. The molecule has 6 heteroatoms. The summed E-state index contributed by atoms with van der Waals surface area (Å²) < 4.78 is 30.7. The van der Waals surface area contributed by atoms with Gasteiger partial charge in [0, 0.05) is 11.8 Å². The third kappa shape index (κ3) is 2.64. The van der Waals surface area contributed by atoms with Crippen LogP contribution in [0.25, 0.3) is 0 Å². The number of rotatable bonds is 4. The van der Waals surface area contributed by atoms with E-state index in [1.54, 1.807) is 19.9 Å². The van der Waals surface area contributed by atoms with E-state index in [0.29, 0.717) is 19.0 Å². The zero-order valence-corrected chi connectivity index (χ0v) is 11.6. The molecule has 1 aliphatic rings. The van der Waals surface area contributed by atoms with Crippen LogP contribution < -0.4 is 4.74 Å². The molecule has 18 heavy (non-hydrogen) atoms. The van der Waals surface area contributed by atoms with Crippen LogP contribution in [0.5, 0.6) is 5.88 Å². The first-order valence-electron chi connectivity index (χ1n) is 5.99. The summed E-state index contributed by atoms with van der Waals surface area (Å²) in [5.74, 6) is 0.557. The second-order valence-corrected chi connectivity index (χ2v) is 7.26. The van der Waals surface area contributed by atoms with Gasteiger partial charge in [0.05, 0.1) is 18.3 Å². The summed E-state index contributed by atoms with van der Waals surface area (Å²) in [5, 5.41) is -0.379. The van der Waals surface area contributed by atoms with Gasteiger partial charge < -0.3 is 4.74 Å². The van der Waals surface area contributed by atoms with Crippen molar-refractivity contribution in [1.29, 1.82) is 0 Å². The first kappa shape index (κ1) is 13.3. The maximum Gasteiger partial charge on any atom is 0.216 e. The molecule has 0 amide bonds. The Bertz CT molecular complexity index is 522. The van der Waals surface area contributed by atoms with Crippen molar-refractivity contribution in [2.75, 3.05) is 13.1 Å². The molecule has 1 fully saturated rings. The SMILES string of the molecule is Cc1cccc(OC2CN(S(=O)(=O)C(C)C)C2)n1. The topological polar surface area (TPSA) is 59.5 Å². The summed E-state index contributed by atoms with van der Waals surface area (Å²) in [7, 11) is -3.14. The number of aromatic nitrogens is 1. The van der Waals surface area contributed by atoms with Crippen LogP contribution in [0, 0.1) is 6.92 Å². The molecule has 1 aliphatic heterocycles. The monoisotopic (exact) mass is 270 g/mol. The van der Waals surface area contributed by atoms with Gasteiger partial charge >= 0.3 is 0 Å². The van der Waals surface area contributed by atoms with Crippen molar-refractivity contribution >= 4 is 10.0 Å². The van der Waals surface area contributed by atoms with E-state index in [9.17, 15) is 8.42 Å². The van der Waals surface area contributed by atoms with Crippen molar-refractivity contribution in [3.05, 3.63) is 23.9 Å². The first-order valence-corrected chi connectivity index (χ1v) is 7.49. The molecule has 2 heterocycles. The van der Waals surface area contributed by atoms with Crippen LogP contribution in [-0.4, -0.2) is 42.2 Å². The number of nitrogens with zero attached hydrogens (tertiary/aromatic N) is 2. The largest absolute Gasteiger partial charge is 0.472 e. The van der Waals surface area contributed by atoms with E-state index in [4.69, 9.17) is 4.74 Å². The summed E-state index contributed by atoms with van der Waals surface area (Å²) in [6.45, 7) is 6.09. The molecule has 5 nitrogen and oxygen atoms in total. The second kappa shape index (κ2) is 4.85. The summed E-state index contributed by atoms with van der Waals surface area (Å²) in [4.78, 5) is 4.23. The molecule has 0 radical (unpaired) electrons. The smallest absolute Gasteiger partial charge is 0.216 e. The van der Waals surface area contributed by atoms with E-state index in [1.807, 2.05) is 19.1 Å². The standard InChI is InChI=1S/C12H18N2O3S/c1-9(2)18(15,16)14-7-11(8-14)17-12-6-4-5-10(3)13-12/h4-6,9,11H,7-8H2,1-3H3. The predicted molar refractivity (Wildman–Crippen MR) is 69.0 cm³/mol. The van der Waals surface area contributed by atoms with Crippen LogP contribution in [0.4, 0.5) is 0 Å². The summed E-state index contributed by atoms with van der Waals surface area (Å²) in [6, 6.07) is 5.55. The third-order valence-corrected chi connectivity index (χ3v) is 5.13. The Morgan fingerprint density at radius 3 is 2.61 bits per heavy atom. The minimum atomic E-state index is -3.14.